The molecule has 0 aliphatic carbocycles. The van der Waals surface area contributed by atoms with Crippen LogP contribution in [0.25, 0.3) is 0 Å². The lowest BCUT2D eigenvalue weighted by Crippen LogP contribution is -2.70. The van der Waals surface area contributed by atoms with E-state index < -0.39 is 18.1 Å². The van der Waals surface area contributed by atoms with Crippen LogP contribution in [0.5, 0.6) is 0 Å². The van der Waals surface area contributed by atoms with Crippen LogP contribution in [0.1, 0.15) is 29.2 Å². The topological polar surface area (TPSA) is 84.9 Å². The van der Waals surface area contributed by atoms with Crippen LogP contribution in [0.3, 0.4) is 0 Å². The van der Waals surface area contributed by atoms with E-state index in [1.54, 1.807) is 23.5 Å². The van der Waals surface area contributed by atoms with Gasteiger partial charge in [0.05, 0.1) is 13.0 Å². The van der Waals surface area contributed by atoms with E-state index in [0.29, 0.717) is 19.0 Å². The van der Waals surface area contributed by atoms with Crippen molar-refractivity contribution in [3.05, 3.63) is 118 Å². The molecule has 210 valence electrons. The van der Waals surface area contributed by atoms with Crippen LogP contribution < -0.4 is 5.32 Å². The summed E-state index contributed by atoms with van der Waals surface area (Å²) in [6.45, 7) is 1.29. The molecule has 7 nitrogen and oxygen atoms in total. The first-order valence-corrected chi connectivity index (χ1v) is 15.6. The van der Waals surface area contributed by atoms with Gasteiger partial charge in [-0.2, -0.15) is 0 Å². The maximum atomic E-state index is 14.0. The Kier molecular flexibility index (Phi) is 8.46. The fraction of sp³-hybridized carbons (Fsp3) is 0.281. The molecule has 1 N–H and O–H groups in total. The Bertz CT molecular complexity index is 1390. The molecule has 3 heterocycles. The van der Waals surface area contributed by atoms with E-state index in [9.17, 15) is 14.4 Å². The largest absolute Gasteiger partial charge is 0.448 e. The summed E-state index contributed by atoms with van der Waals surface area (Å²) in [4.78, 5) is 42.7. The Morgan fingerprint density at radius 2 is 1.61 bits per heavy atom. The number of hydrogen-bond donors (Lipinski definition) is 1. The lowest BCUT2D eigenvalue weighted by Gasteiger charge is -2.49. The van der Waals surface area contributed by atoms with Gasteiger partial charge in [0, 0.05) is 22.5 Å². The van der Waals surface area contributed by atoms with Crippen molar-refractivity contribution in [3.63, 3.8) is 0 Å². The van der Waals surface area contributed by atoms with Crippen LogP contribution in [-0.4, -0.2) is 58.3 Å². The van der Waals surface area contributed by atoms with E-state index in [1.165, 1.54) is 4.90 Å². The Hall–Kier alpha value is -3.53. The fourth-order valence-electron chi connectivity index (χ4n) is 5.23. The maximum absolute atomic E-state index is 14.0. The number of thioether (sulfide) groups is 2. The summed E-state index contributed by atoms with van der Waals surface area (Å²) < 4.78 is 11.8. The van der Waals surface area contributed by atoms with Gasteiger partial charge < -0.3 is 14.8 Å². The van der Waals surface area contributed by atoms with Gasteiger partial charge in [-0.05, 0) is 23.1 Å². The van der Waals surface area contributed by atoms with Crippen LogP contribution in [-0.2, 0) is 30.3 Å². The quantitative estimate of drug-likeness (QED) is 0.288. The second kappa shape index (κ2) is 12.5. The maximum Gasteiger partial charge on any atom is 0.356 e. The van der Waals surface area contributed by atoms with Gasteiger partial charge in [-0.1, -0.05) is 91.0 Å². The molecule has 2 fully saturated rings. The minimum absolute atomic E-state index is 0.186. The average molecular weight is 587 g/mol. The van der Waals surface area contributed by atoms with Gasteiger partial charge in [0.25, 0.3) is 5.91 Å². The standard InChI is InChI=1S/C32H30N2O5S2/c35-26(18-21-10-4-1-5-11-21)33-27-30(36)34-28(25(20-40-31(27)34)41-24-16-17-38-19-24)32(37)39-29(22-12-6-2-7-13-22)23-14-8-3-9-15-23/h1-15,24,27,29,31H,16-20H2,(H,33,35)/t24?,27?,31-/m1/s1. The Morgan fingerprint density at radius 3 is 2.22 bits per heavy atom. The lowest BCUT2D eigenvalue weighted by atomic mass is 10.0. The van der Waals surface area contributed by atoms with Crippen LogP contribution >= 0.6 is 23.5 Å². The molecule has 3 aliphatic heterocycles. The molecule has 0 bridgehead atoms. The summed E-state index contributed by atoms with van der Waals surface area (Å²) >= 11 is 3.15. The molecule has 41 heavy (non-hydrogen) atoms. The summed E-state index contributed by atoms with van der Waals surface area (Å²) in [5, 5.41) is 2.74. The average Bonchev–Trinajstić information content (AvgIpc) is 3.53. The fourth-order valence-corrected chi connectivity index (χ4v) is 7.98. The van der Waals surface area contributed by atoms with Crippen LogP contribution in [0.2, 0.25) is 0 Å². The zero-order valence-electron chi connectivity index (χ0n) is 22.3. The van der Waals surface area contributed by atoms with E-state index in [2.05, 4.69) is 5.32 Å². The number of nitrogens with zero attached hydrogens (tertiary/aromatic N) is 1. The van der Waals surface area contributed by atoms with E-state index in [1.807, 2.05) is 91.0 Å². The molecule has 0 radical (unpaired) electrons. The number of carbonyl (C=O) groups excluding carboxylic acids is 3. The Balaban J connectivity index is 1.25. The van der Waals surface area contributed by atoms with Gasteiger partial charge in [0.1, 0.15) is 17.1 Å². The van der Waals surface area contributed by atoms with Crippen molar-refractivity contribution in [2.75, 3.05) is 19.0 Å². The highest BCUT2D eigenvalue weighted by Gasteiger charge is 2.55. The summed E-state index contributed by atoms with van der Waals surface area (Å²) in [5.41, 5.74) is 2.84. The molecule has 9 heteroatoms. The summed E-state index contributed by atoms with van der Waals surface area (Å²) in [5.74, 6) is -0.518. The van der Waals surface area contributed by atoms with Crippen molar-refractivity contribution in [1.29, 1.82) is 0 Å². The van der Waals surface area contributed by atoms with E-state index in [-0.39, 0.29) is 34.6 Å². The number of carbonyl (C=O) groups is 3. The predicted octanol–water partition coefficient (Wildman–Crippen LogP) is 4.70. The molecular formula is C32H30N2O5S2. The molecule has 3 aliphatic rings. The lowest BCUT2D eigenvalue weighted by molar-refractivity contribution is -0.154. The second-order valence-electron chi connectivity index (χ2n) is 10.1. The first-order valence-electron chi connectivity index (χ1n) is 13.6. The smallest absolute Gasteiger partial charge is 0.356 e. The third-order valence-corrected chi connectivity index (χ3v) is 10.1. The summed E-state index contributed by atoms with van der Waals surface area (Å²) in [6.07, 6.45) is 0.433. The number of amides is 2. The normalized spacial score (nSPS) is 21.8. The molecule has 2 saturated heterocycles. The number of hydrogen-bond acceptors (Lipinski definition) is 7. The zero-order chi connectivity index (χ0) is 28.2. The first-order chi connectivity index (χ1) is 20.1. The van der Waals surface area contributed by atoms with E-state index >= 15 is 0 Å². The van der Waals surface area contributed by atoms with Gasteiger partial charge in [0.2, 0.25) is 5.91 Å². The Labute approximate surface area is 247 Å². The number of esters is 1. The van der Waals surface area contributed by atoms with Crippen LogP contribution in [0.4, 0.5) is 0 Å². The van der Waals surface area contributed by atoms with Crippen LogP contribution in [0.15, 0.2) is 102 Å². The van der Waals surface area contributed by atoms with Gasteiger partial charge in [-0.25, -0.2) is 4.79 Å². The van der Waals surface area contributed by atoms with Crippen molar-refractivity contribution in [2.24, 2.45) is 0 Å². The van der Waals surface area contributed by atoms with Crippen molar-refractivity contribution in [3.8, 4) is 0 Å². The number of nitrogens with one attached hydrogen (secondary N) is 1. The molecule has 0 spiro atoms. The number of fused-ring (bicyclic) bond motifs is 1. The molecule has 0 aromatic heterocycles. The molecule has 0 saturated carbocycles. The van der Waals surface area contributed by atoms with Crippen molar-refractivity contribution in [1.82, 2.24) is 10.2 Å². The van der Waals surface area contributed by atoms with Gasteiger partial charge in [-0.3, -0.25) is 14.5 Å². The van der Waals surface area contributed by atoms with Crippen LogP contribution in [0, 0.1) is 0 Å². The predicted molar refractivity (Wildman–Crippen MR) is 160 cm³/mol. The minimum atomic E-state index is -0.695. The third-order valence-electron chi connectivity index (χ3n) is 7.28. The van der Waals surface area contributed by atoms with E-state index in [4.69, 9.17) is 9.47 Å². The van der Waals surface area contributed by atoms with Gasteiger partial charge >= 0.3 is 5.97 Å². The highest BCUT2D eigenvalue weighted by molar-refractivity contribution is 8.06. The molecule has 6 rings (SSSR count). The minimum Gasteiger partial charge on any atom is -0.448 e. The first kappa shape index (κ1) is 27.6. The van der Waals surface area contributed by atoms with Crippen molar-refractivity contribution >= 4 is 41.3 Å². The highest BCUT2D eigenvalue weighted by atomic mass is 32.2. The number of β-lactam (4-membered cyclic amide) rings is 1. The van der Waals surface area contributed by atoms with Gasteiger partial charge in [-0.15, -0.1) is 23.5 Å². The number of benzene rings is 3. The molecule has 3 aromatic carbocycles. The SMILES string of the molecule is O=C(Cc1ccccc1)NC1C(=O)N2C(C(=O)OC(c3ccccc3)c3ccccc3)=C(SC3CCOC3)CS[C@H]12. The van der Waals surface area contributed by atoms with Crippen molar-refractivity contribution < 1.29 is 23.9 Å². The van der Waals surface area contributed by atoms with E-state index in [0.717, 1.165) is 28.0 Å². The molecule has 2 unspecified atom stereocenters. The number of rotatable bonds is 9. The molecule has 3 aromatic rings. The summed E-state index contributed by atoms with van der Waals surface area (Å²) in [7, 11) is 0. The monoisotopic (exact) mass is 586 g/mol. The molecule has 3 atom stereocenters. The third kappa shape index (κ3) is 6.07. The van der Waals surface area contributed by atoms with Crippen molar-refractivity contribution in [2.45, 2.75) is 35.6 Å². The second-order valence-corrected chi connectivity index (χ2v) is 12.6. The zero-order valence-corrected chi connectivity index (χ0v) is 23.9. The van der Waals surface area contributed by atoms with Gasteiger partial charge in [0.15, 0.2) is 6.10 Å². The number of ether oxygens (including phenoxy) is 2. The molecular weight excluding hydrogens is 556 g/mol. The molecule has 2 amide bonds. The highest BCUT2D eigenvalue weighted by Crippen LogP contribution is 2.46. The Morgan fingerprint density at radius 1 is 0.976 bits per heavy atom. The summed E-state index contributed by atoms with van der Waals surface area (Å²) in [6, 6.07) is 27.9.